The van der Waals surface area contributed by atoms with Crippen molar-refractivity contribution >= 4 is 7.82 Å². The quantitative estimate of drug-likeness (QED) is 0.613. The first-order chi connectivity index (χ1) is 9.11. The second-order valence-corrected chi connectivity index (χ2v) is 6.17. The average molecular weight is 294 g/mol. The second kappa shape index (κ2) is 8.85. The molecule has 0 radical (unpaired) electrons. The molecule has 0 heterocycles. The van der Waals surface area contributed by atoms with Crippen molar-refractivity contribution < 1.29 is 22.5 Å². The van der Waals surface area contributed by atoms with Gasteiger partial charge in [-0.2, -0.15) is 0 Å². The summed E-state index contributed by atoms with van der Waals surface area (Å²) >= 11 is 0. The van der Waals surface area contributed by atoms with Crippen LogP contribution in [0.4, 0.5) is 4.39 Å². The monoisotopic (exact) mass is 294 g/mol. The molecule has 0 aromatic rings. The van der Waals surface area contributed by atoms with Crippen LogP contribution in [0.15, 0.2) is 11.9 Å². The molecule has 19 heavy (non-hydrogen) atoms. The van der Waals surface area contributed by atoms with Crippen molar-refractivity contribution in [2.75, 3.05) is 19.8 Å². The van der Waals surface area contributed by atoms with E-state index in [1.807, 2.05) is 0 Å². The smallest absolute Gasteiger partial charge is 0.287 e. The number of hydrogen-bond donors (Lipinski definition) is 0. The molecule has 0 unspecified atom stereocenters. The van der Waals surface area contributed by atoms with Gasteiger partial charge in [-0.3, -0.25) is 13.6 Å². The summed E-state index contributed by atoms with van der Waals surface area (Å²) in [5.41, 5.74) is 0. The van der Waals surface area contributed by atoms with Gasteiger partial charge < -0.3 is 0 Å². The normalized spacial score (nSPS) is 18.8. The van der Waals surface area contributed by atoms with Crippen LogP contribution in [0, 0.1) is 5.92 Å². The topological polar surface area (TPSA) is 44.8 Å². The van der Waals surface area contributed by atoms with Crippen molar-refractivity contribution in [1.82, 2.24) is 0 Å². The zero-order chi connectivity index (χ0) is 14.1. The van der Waals surface area contributed by atoms with E-state index >= 15 is 0 Å². The van der Waals surface area contributed by atoms with Gasteiger partial charge in [0.2, 0.25) is 0 Å². The lowest BCUT2D eigenvalue weighted by atomic mass is 9.88. The summed E-state index contributed by atoms with van der Waals surface area (Å²) in [6.45, 7) is 3.78. The standard InChI is InChI=1S/C13H24FO4P/c1-3-16-19(15,17-4-2)18-11-10-13(14)12-8-6-5-7-9-12/h10,12H,3-9,11H2,1-2H3/b13-10-. The Bertz CT molecular complexity index is 317. The van der Waals surface area contributed by atoms with Crippen molar-refractivity contribution in [3.63, 3.8) is 0 Å². The van der Waals surface area contributed by atoms with Gasteiger partial charge >= 0.3 is 7.82 Å². The molecule has 1 aliphatic carbocycles. The summed E-state index contributed by atoms with van der Waals surface area (Å²) in [5, 5.41) is 0. The summed E-state index contributed by atoms with van der Waals surface area (Å²) in [6, 6.07) is 0. The molecule has 0 amide bonds. The fourth-order valence-corrected chi connectivity index (χ4v) is 3.29. The Morgan fingerprint density at radius 1 is 1.16 bits per heavy atom. The van der Waals surface area contributed by atoms with Crippen molar-refractivity contribution in [3.05, 3.63) is 11.9 Å². The van der Waals surface area contributed by atoms with Gasteiger partial charge in [-0.25, -0.2) is 8.96 Å². The van der Waals surface area contributed by atoms with Crippen LogP contribution in [0.5, 0.6) is 0 Å². The van der Waals surface area contributed by atoms with E-state index in [4.69, 9.17) is 13.6 Å². The Morgan fingerprint density at radius 2 is 1.74 bits per heavy atom. The van der Waals surface area contributed by atoms with E-state index in [0.29, 0.717) is 0 Å². The third-order valence-electron chi connectivity index (χ3n) is 3.08. The highest BCUT2D eigenvalue weighted by Crippen LogP contribution is 2.49. The minimum absolute atomic E-state index is 0.00378. The maximum absolute atomic E-state index is 13.8. The summed E-state index contributed by atoms with van der Waals surface area (Å²) in [7, 11) is -3.53. The molecule has 4 nitrogen and oxygen atoms in total. The maximum atomic E-state index is 13.8. The molecule has 1 rings (SSSR count). The van der Waals surface area contributed by atoms with E-state index in [0.717, 1.165) is 25.7 Å². The van der Waals surface area contributed by atoms with Crippen LogP contribution in [0.25, 0.3) is 0 Å². The maximum Gasteiger partial charge on any atom is 0.475 e. The molecule has 1 fully saturated rings. The number of rotatable bonds is 8. The lowest BCUT2D eigenvalue weighted by Crippen LogP contribution is -2.07. The third kappa shape index (κ3) is 6.17. The van der Waals surface area contributed by atoms with Crippen LogP contribution in [0.3, 0.4) is 0 Å². The summed E-state index contributed by atoms with van der Waals surface area (Å²) in [6.07, 6.45) is 6.45. The van der Waals surface area contributed by atoms with Gasteiger partial charge in [0.05, 0.1) is 19.8 Å². The number of phosphoric acid groups is 1. The lowest BCUT2D eigenvalue weighted by molar-refractivity contribution is 0.130. The van der Waals surface area contributed by atoms with E-state index in [1.54, 1.807) is 13.8 Å². The molecule has 1 saturated carbocycles. The molecular formula is C13H24FO4P. The van der Waals surface area contributed by atoms with E-state index in [1.165, 1.54) is 12.5 Å². The van der Waals surface area contributed by atoms with Crippen LogP contribution in [-0.4, -0.2) is 19.8 Å². The van der Waals surface area contributed by atoms with Gasteiger partial charge in [0, 0.05) is 5.92 Å². The van der Waals surface area contributed by atoms with Crippen LogP contribution in [0.2, 0.25) is 0 Å². The number of allylic oxidation sites excluding steroid dienone is 1. The molecule has 1 aliphatic rings. The predicted molar refractivity (Wildman–Crippen MR) is 72.6 cm³/mol. The summed E-state index contributed by atoms with van der Waals surface area (Å²) in [4.78, 5) is 0. The number of phosphoric ester groups is 1. The van der Waals surface area contributed by atoms with E-state index in [-0.39, 0.29) is 31.6 Å². The number of halogens is 1. The van der Waals surface area contributed by atoms with Gasteiger partial charge in [0.15, 0.2) is 0 Å². The molecule has 112 valence electrons. The second-order valence-electron chi connectivity index (χ2n) is 4.50. The molecule has 0 N–H and O–H groups in total. The molecule has 0 aliphatic heterocycles. The largest absolute Gasteiger partial charge is 0.475 e. The first-order valence-electron chi connectivity index (χ1n) is 7.00. The average Bonchev–Trinajstić information content (AvgIpc) is 2.40. The van der Waals surface area contributed by atoms with E-state index < -0.39 is 7.82 Å². The Kier molecular flexibility index (Phi) is 7.84. The van der Waals surface area contributed by atoms with Gasteiger partial charge in [-0.1, -0.05) is 19.3 Å². The highest BCUT2D eigenvalue weighted by atomic mass is 31.2. The van der Waals surface area contributed by atoms with Crippen molar-refractivity contribution in [1.29, 1.82) is 0 Å². The number of hydrogen-bond acceptors (Lipinski definition) is 4. The first-order valence-corrected chi connectivity index (χ1v) is 8.46. The fourth-order valence-electron chi connectivity index (χ4n) is 2.18. The SMILES string of the molecule is CCOP(=O)(OCC)OC/C=C(\F)C1CCCCC1. The van der Waals surface area contributed by atoms with Crippen molar-refractivity contribution in [3.8, 4) is 0 Å². The molecule has 0 atom stereocenters. The third-order valence-corrected chi connectivity index (χ3v) is 4.69. The van der Waals surface area contributed by atoms with Crippen LogP contribution in [-0.2, 0) is 18.1 Å². The Hall–Kier alpha value is -0.220. The molecule has 0 aromatic heterocycles. The van der Waals surface area contributed by atoms with Crippen LogP contribution >= 0.6 is 7.82 Å². The fraction of sp³-hybridized carbons (Fsp3) is 0.846. The van der Waals surface area contributed by atoms with Crippen LogP contribution in [0.1, 0.15) is 46.0 Å². The zero-order valence-electron chi connectivity index (χ0n) is 11.8. The molecule has 0 aromatic carbocycles. The lowest BCUT2D eigenvalue weighted by Gasteiger charge is -2.20. The minimum atomic E-state index is -3.53. The Labute approximate surface area is 114 Å². The van der Waals surface area contributed by atoms with E-state index in [9.17, 15) is 8.96 Å². The van der Waals surface area contributed by atoms with Crippen molar-refractivity contribution in [2.45, 2.75) is 46.0 Å². The highest BCUT2D eigenvalue weighted by molar-refractivity contribution is 7.48. The summed E-state index contributed by atoms with van der Waals surface area (Å²) < 4.78 is 40.8. The summed E-state index contributed by atoms with van der Waals surface area (Å²) in [5.74, 6) is -0.171. The highest BCUT2D eigenvalue weighted by Gasteiger charge is 2.25. The Balaban J connectivity index is 2.43. The Morgan fingerprint density at radius 3 is 2.26 bits per heavy atom. The predicted octanol–water partition coefficient (Wildman–Crippen LogP) is 4.62. The molecule has 0 spiro atoms. The molecule has 0 saturated heterocycles. The molecular weight excluding hydrogens is 270 g/mol. The first kappa shape index (κ1) is 16.8. The zero-order valence-corrected chi connectivity index (χ0v) is 12.7. The van der Waals surface area contributed by atoms with Gasteiger partial charge in [-0.05, 0) is 32.8 Å². The van der Waals surface area contributed by atoms with Crippen LogP contribution < -0.4 is 0 Å². The molecule has 6 heteroatoms. The molecule has 0 bridgehead atoms. The van der Waals surface area contributed by atoms with Gasteiger partial charge in [0.25, 0.3) is 0 Å². The van der Waals surface area contributed by atoms with Gasteiger partial charge in [0.1, 0.15) is 5.83 Å². The van der Waals surface area contributed by atoms with E-state index in [2.05, 4.69) is 0 Å². The van der Waals surface area contributed by atoms with Gasteiger partial charge in [-0.15, -0.1) is 0 Å². The minimum Gasteiger partial charge on any atom is -0.287 e. The van der Waals surface area contributed by atoms with Crippen molar-refractivity contribution in [2.24, 2.45) is 5.92 Å².